The lowest BCUT2D eigenvalue weighted by atomic mass is 10.0. The average Bonchev–Trinajstić information content (AvgIpc) is 3.57. The summed E-state index contributed by atoms with van der Waals surface area (Å²) in [5, 5.41) is 3.69. The maximum atomic E-state index is 12.9. The molecule has 2 saturated heterocycles. The van der Waals surface area contributed by atoms with Gasteiger partial charge >= 0.3 is 0 Å². The quantitative estimate of drug-likeness (QED) is 0.819. The summed E-state index contributed by atoms with van der Waals surface area (Å²) >= 11 is 0. The molecule has 154 valence electrons. The van der Waals surface area contributed by atoms with Crippen LogP contribution in [0, 0.1) is 5.92 Å². The molecule has 1 saturated carbocycles. The lowest BCUT2D eigenvalue weighted by molar-refractivity contribution is 0.0705. The lowest BCUT2D eigenvalue weighted by Gasteiger charge is -2.38. The van der Waals surface area contributed by atoms with Crippen molar-refractivity contribution in [1.29, 1.82) is 0 Å². The summed E-state index contributed by atoms with van der Waals surface area (Å²) in [6, 6.07) is 9.50. The van der Waals surface area contributed by atoms with E-state index < -0.39 is 0 Å². The van der Waals surface area contributed by atoms with E-state index in [4.69, 9.17) is 0 Å². The molecule has 0 spiro atoms. The Balaban J connectivity index is 1.26. The number of piperazine rings is 1. The van der Waals surface area contributed by atoms with Gasteiger partial charge in [-0.1, -0.05) is 0 Å². The molecule has 5 nitrogen and oxygen atoms in total. The van der Waals surface area contributed by atoms with Gasteiger partial charge in [0.05, 0.1) is 0 Å². The number of nitrogens with one attached hydrogen (secondary N) is 1. The van der Waals surface area contributed by atoms with E-state index in [-0.39, 0.29) is 5.91 Å². The molecule has 0 aromatic heterocycles. The van der Waals surface area contributed by atoms with Crippen molar-refractivity contribution in [1.82, 2.24) is 15.1 Å². The molecule has 0 radical (unpaired) electrons. The normalized spacial score (nSPS) is 22.1. The van der Waals surface area contributed by atoms with Gasteiger partial charge in [0.2, 0.25) is 0 Å². The van der Waals surface area contributed by atoms with E-state index >= 15 is 0 Å². The number of nitrogens with zero attached hydrogens (tertiary/aromatic N) is 3. The highest BCUT2D eigenvalue weighted by Gasteiger charge is 2.26. The molecule has 0 bridgehead atoms. The molecule has 1 aliphatic carbocycles. The highest BCUT2D eigenvalue weighted by Crippen LogP contribution is 2.28. The number of carbonyl (C=O) groups excluding carboxylic acids is 1. The van der Waals surface area contributed by atoms with Gasteiger partial charge in [0, 0.05) is 62.6 Å². The molecule has 4 rings (SSSR count). The van der Waals surface area contributed by atoms with Gasteiger partial charge in [0.1, 0.15) is 0 Å². The number of rotatable bonds is 6. The van der Waals surface area contributed by atoms with Crippen molar-refractivity contribution < 1.29 is 4.79 Å². The summed E-state index contributed by atoms with van der Waals surface area (Å²) in [5.41, 5.74) is 2.07. The van der Waals surface area contributed by atoms with Crippen LogP contribution in [0.25, 0.3) is 0 Å². The first-order valence-corrected chi connectivity index (χ1v) is 11.2. The van der Waals surface area contributed by atoms with E-state index in [2.05, 4.69) is 41.1 Å². The number of amides is 1. The predicted molar refractivity (Wildman–Crippen MR) is 115 cm³/mol. The predicted octanol–water partition coefficient (Wildman–Crippen LogP) is 2.82. The summed E-state index contributed by atoms with van der Waals surface area (Å²) < 4.78 is 0. The van der Waals surface area contributed by atoms with E-state index in [9.17, 15) is 4.79 Å². The van der Waals surface area contributed by atoms with Crippen LogP contribution in [0.4, 0.5) is 5.69 Å². The van der Waals surface area contributed by atoms with E-state index in [1.54, 1.807) is 0 Å². The Morgan fingerprint density at radius 2 is 1.61 bits per heavy atom. The minimum absolute atomic E-state index is 0.191. The third kappa shape index (κ3) is 4.87. The second-order valence-corrected chi connectivity index (χ2v) is 9.08. The monoisotopic (exact) mass is 384 g/mol. The summed E-state index contributed by atoms with van der Waals surface area (Å²) in [7, 11) is 0. The Hall–Kier alpha value is -1.59. The van der Waals surface area contributed by atoms with Gasteiger partial charge in [0.15, 0.2) is 0 Å². The fraction of sp³-hybridized carbons (Fsp3) is 0.696. The molecule has 28 heavy (non-hydrogen) atoms. The van der Waals surface area contributed by atoms with Crippen LogP contribution in [0.15, 0.2) is 24.3 Å². The van der Waals surface area contributed by atoms with Gasteiger partial charge < -0.3 is 15.1 Å². The Morgan fingerprint density at radius 3 is 2.18 bits per heavy atom. The van der Waals surface area contributed by atoms with Gasteiger partial charge in [-0.15, -0.1) is 0 Å². The summed E-state index contributed by atoms with van der Waals surface area (Å²) in [4.78, 5) is 19.9. The molecule has 3 fully saturated rings. The number of carbonyl (C=O) groups is 1. The first-order valence-electron chi connectivity index (χ1n) is 11.2. The van der Waals surface area contributed by atoms with Crippen LogP contribution in [-0.4, -0.2) is 73.6 Å². The molecule has 3 aliphatic rings. The summed E-state index contributed by atoms with van der Waals surface area (Å²) in [6.07, 6.45) is 4.95. The highest BCUT2D eigenvalue weighted by molar-refractivity contribution is 5.94. The second-order valence-electron chi connectivity index (χ2n) is 9.08. The van der Waals surface area contributed by atoms with Crippen LogP contribution in [0.3, 0.4) is 0 Å². The maximum absolute atomic E-state index is 12.9. The van der Waals surface area contributed by atoms with E-state index in [1.807, 2.05) is 17.0 Å². The Bertz CT molecular complexity index is 639. The van der Waals surface area contributed by atoms with Crippen molar-refractivity contribution in [2.24, 2.45) is 5.92 Å². The molecular formula is C23H36N4O. The van der Waals surface area contributed by atoms with Crippen molar-refractivity contribution in [2.75, 3.05) is 50.7 Å². The van der Waals surface area contributed by atoms with Crippen molar-refractivity contribution in [3.8, 4) is 0 Å². The molecular weight excluding hydrogens is 348 g/mol. The standard InChI is InChI=1S/C23H36N4O/c1-18(2)25-13-15-26(16-14-25)22-7-5-20(6-8-22)23(28)27-11-9-21(10-12-27)24-17-19-3-4-19/h5-8,18-19,21,24H,3-4,9-17H2,1-2H3. The molecule has 1 N–H and O–H groups in total. The number of piperidine rings is 1. The first-order chi connectivity index (χ1) is 13.6. The van der Waals surface area contributed by atoms with Crippen LogP contribution in [0.5, 0.6) is 0 Å². The van der Waals surface area contributed by atoms with Gasteiger partial charge in [0.25, 0.3) is 5.91 Å². The molecule has 2 heterocycles. The number of hydrogen-bond donors (Lipinski definition) is 1. The Kier molecular flexibility index (Phi) is 6.22. The lowest BCUT2D eigenvalue weighted by Crippen LogP contribution is -2.48. The van der Waals surface area contributed by atoms with E-state index in [0.29, 0.717) is 12.1 Å². The third-order valence-corrected chi connectivity index (χ3v) is 6.70. The fourth-order valence-electron chi connectivity index (χ4n) is 4.44. The average molecular weight is 385 g/mol. The second kappa shape index (κ2) is 8.83. The molecule has 1 aromatic rings. The summed E-state index contributed by atoms with van der Waals surface area (Å²) in [6.45, 7) is 11.8. The first kappa shape index (κ1) is 19.7. The third-order valence-electron chi connectivity index (χ3n) is 6.70. The Morgan fingerprint density at radius 1 is 0.964 bits per heavy atom. The van der Waals surface area contributed by atoms with Crippen LogP contribution in [0.1, 0.15) is 49.9 Å². The van der Waals surface area contributed by atoms with Crippen molar-refractivity contribution >= 4 is 11.6 Å². The highest BCUT2D eigenvalue weighted by atomic mass is 16.2. The smallest absolute Gasteiger partial charge is 0.253 e. The van der Waals surface area contributed by atoms with Crippen LogP contribution >= 0.6 is 0 Å². The van der Waals surface area contributed by atoms with Gasteiger partial charge in [-0.3, -0.25) is 9.69 Å². The van der Waals surface area contributed by atoms with E-state index in [1.165, 1.54) is 25.1 Å². The molecule has 0 atom stereocenters. The van der Waals surface area contributed by atoms with Gasteiger partial charge in [-0.05, 0) is 76.3 Å². The van der Waals surface area contributed by atoms with Crippen LogP contribution in [-0.2, 0) is 0 Å². The molecule has 2 aliphatic heterocycles. The maximum Gasteiger partial charge on any atom is 0.253 e. The number of hydrogen-bond acceptors (Lipinski definition) is 4. The number of anilines is 1. The SMILES string of the molecule is CC(C)N1CCN(c2ccc(C(=O)N3CCC(NCC4CC4)CC3)cc2)CC1. The largest absolute Gasteiger partial charge is 0.369 e. The molecule has 1 aromatic carbocycles. The summed E-state index contributed by atoms with van der Waals surface area (Å²) in [5.74, 6) is 1.11. The van der Waals surface area contributed by atoms with Crippen molar-refractivity contribution in [3.63, 3.8) is 0 Å². The zero-order valence-electron chi connectivity index (χ0n) is 17.6. The minimum Gasteiger partial charge on any atom is -0.369 e. The van der Waals surface area contributed by atoms with Crippen LogP contribution in [0.2, 0.25) is 0 Å². The Labute approximate surface area is 170 Å². The van der Waals surface area contributed by atoms with Crippen molar-refractivity contribution in [2.45, 2.75) is 51.6 Å². The zero-order chi connectivity index (χ0) is 19.5. The molecule has 5 heteroatoms. The molecule has 1 amide bonds. The minimum atomic E-state index is 0.191. The molecule has 0 unspecified atom stereocenters. The van der Waals surface area contributed by atoms with Gasteiger partial charge in [-0.25, -0.2) is 0 Å². The zero-order valence-corrected chi connectivity index (χ0v) is 17.6. The van der Waals surface area contributed by atoms with Crippen molar-refractivity contribution in [3.05, 3.63) is 29.8 Å². The van der Waals surface area contributed by atoms with E-state index in [0.717, 1.165) is 63.6 Å². The fourth-order valence-corrected chi connectivity index (χ4v) is 4.44. The topological polar surface area (TPSA) is 38.8 Å². The van der Waals surface area contributed by atoms with Crippen LogP contribution < -0.4 is 10.2 Å². The number of benzene rings is 1. The number of likely N-dealkylation sites (tertiary alicyclic amines) is 1. The van der Waals surface area contributed by atoms with Gasteiger partial charge in [-0.2, -0.15) is 0 Å².